The Hall–Kier alpha value is -1.02. The number of hydrogen-bond donors (Lipinski definition) is 1. The highest BCUT2D eigenvalue weighted by molar-refractivity contribution is 5.41. The molecule has 1 aliphatic carbocycles. The molecule has 1 aliphatic heterocycles. The van der Waals surface area contributed by atoms with E-state index >= 15 is 0 Å². The predicted octanol–water partition coefficient (Wildman–Crippen LogP) is 2.31. The summed E-state index contributed by atoms with van der Waals surface area (Å²) in [5.41, 5.74) is 2.98. The SMILES string of the molecule is c1cc2c(c(O[C@H]3CCNC3)c1)CCCC2. The molecule has 0 saturated carbocycles. The van der Waals surface area contributed by atoms with E-state index in [9.17, 15) is 0 Å². The summed E-state index contributed by atoms with van der Waals surface area (Å²) in [6, 6.07) is 6.54. The molecule has 1 saturated heterocycles. The van der Waals surface area contributed by atoms with Crippen LogP contribution in [0.1, 0.15) is 30.4 Å². The monoisotopic (exact) mass is 217 g/mol. The van der Waals surface area contributed by atoms with Crippen LogP contribution in [0, 0.1) is 0 Å². The molecular weight excluding hydrogens is 198 g/mol. The Morgan fingerprint density at radius 2 is 2.12 bits per heavy atom. The van der Waals surface area contributed by atoms with Gasteiger partial charge in [0.15, 0.2) is 0 Å². The summed E-state index contributed by atoms with van der Waals surface area (Å²) in [4.78, 5) is 0. The maximum atomic E-state index is 6.11. The molecule has 0 spiro atoms. The van der Waals surface area contributed by atoms with E-state index in [1.54, 1.807) is 0 Å². The van der Waals surface area contributed by atoms with Crippen molar-refractivity contribution in [2.24, 2.45) is 0 Å². The molecule has 1 N–H and O–H groups in total. The van der Waals surface area contributed by atoms with Crippen LogP contribution in [0.3, 0.4) is 0 Å². The zero-order valence-electron chi connectivity index (χ0n) is 9.67. The molecule has 0 aromatic heterocycles. The van der Waals surface area contributed by atoms with Crippen LogP contribution in [-0.2, 0) is 12.8 Å². The van der Waals surface area contributed by atoms with E-state index < -0.39 is 0 Å². The minimum Gasteiger partial charge on any atom is -0.489 e. The molecule has 16 heavy (non-hydrogen) atoms. The number of benzene rings is 1. The Kier molecular flexibility index (Phi) is 2.83. The van der Waals surface area contributed by atoms with E-state index in [2.05, 4.69) is 23.5 Å². The Balaban J connectivity index is 1.82. The van der Waals surface area contributed by atoms with Crippen LogP contribution in [-0.4, -0.2) is 19.2 Å². The van der Waals surface area contributed by atoms with E-state index in [1.165, 1.54) is 36.8 Å². The van der Waals surface area contributed by atoms with Crippen molar-refractivity contribution in [2.45, 2.75) is 38.2 Å². The first kappa shape index (κ1) is 10.2. The van der Waals surface area contributed by atoms with Gasteiger partial charge in [-0.3, -0.25) is 0 Å². The minimum absolute atomic E-state index is 0.383. The summed E-state index contributed by atoms with van der Waals surface area (Å²) in [7, 11) is 0. The first-order chi connectivity index (χ1) is 7.93. The average Bonchev–Trinajstić information content (AvgIpc) is 2.82. The lowest BCUT2D eigenvalue weighted by Gasteiger charge is -2.21. The number of fused-ring (bicyclic) bond motifs is 1. The molecule has 0 amide bonds. The van der Waals surface area contributed by atoms with Gasteiger partial charge in [-0.1, -0.05) is 12.1 Å². The van der Waals surface area contributed by atoms with Crippen molar-refractivity contribution in [3.05, 3.63) is 29.3 Å². The van der Waals surface area contributed by atoms with E-state index in [-0.39, 0.29) is 0 Å². The Morgan fingerprint density at radius 1 is 1.19 bits per heavy atom. The van der Waals surface area contributed by atoms with E-state index in [0.717, 1.165) is 25.3 Å². The van der Waals surface area contributed by atoms with Gasteiger partial charge in [0.1, 0.15) is 11.9 Å². The van der Waals surface area contributed by atoms with Crippen LogP contribution >= 0.6 is 0 Å². The van der Waals surface area contributed by atoms with Crippen molar-refractivity contribution in [2.75, 3.05) is 13.1 Å². The smallest absolute Gasteiger partial charge is 0.123 e. The molecular formula is C14H19NO. The molecule has 0 radical (unpaired) electrons. The number of aryl methyl sites for hydroxylation is 1. The molecule has 1 fully saturated rings. The minimum atomic E-state index is 0.383. The highest BCUT2D eigenvalue weighted by Crippen LogP contribution is 2.30. The van der Waals surface area contributed by atoms with Crippen molar-refractivity contribution < 1.29 is 4.74 Å². The molecule has 1 heterocycles. The Morgan fingerprint density at radius 3 is 3.00 bits per heavy atom. The third-order valence-electron chi connectivity index (χ3n) is 3.66. The van der Waals surface area contributed by atoms with Gasteiger partial charge in [-0.05, 0) is 55.8 Å². The van der Waals surface area contributed by atoms with Gasteiger partial charge in [-0.2, -0.15) is 0 Å². The highest BCUT2D eigenvalue weighted by atomic mass is 16.5. The molecule has 1 aromatic rings. The van der Waals surface area contributed by atoms with Crippen molar-refractivity contribution in [1.82, 2.24) is 5.32 Å². The number of nitrogens with one attached hydrogen (secondary N) is 1. The number of rotatable bonds is 2. The van der Waals surface area contributed by atoms with Crippen molar-refractivity contribution >= 4 is 0 Å². The summed E-state index contributed by atoms with van der Waals surface area (Å²) in [5.74, 6) is 1.14. The van der Waals surface area contributed by atoms with Crippen LogP contribution in [0.4, 0.5) is 0 Å². The normalized spacial score (nSPS) is 24.1. The fraction of sp³-hybridized carbons (Fsp3) is 0.571. The van der Waals surface area contributed by atoms with E-state index in [1.807, 2.05) is 0 Å². The first-order valence-electron chi connectivity index (χ1n) is 6.41. The van der Waals surface area contributed by atoms with E-state index in [4.69, 9.17) is 4.74 Å². The van der Waals surface area contributed by atoms with Gasteiger partial charge in [0.2, 0.25) is 0 Å². The molecule has 2 heteroatoms. The second-order valence-corrected chi connectivity index (χ2v) is 4.83. The second kappa shape index (κ2) is 4.46. The standard InChI is InChI=1S/C14H19NO/c1-2-6-13-11(4-1)5-3-7-14(13)16-12-8-9-15-10-12/h3,5,7,12,15H,1-2,4,6,8-10H2/t12-/m0/s1. The lowest BCUT2D eigenvalue weighted by atomic mass is 9.91. The van der Waals surface area contributed by atoms with Gasteiger partial charge in [0, 0.05) is 6.54 Å². The summed E-state index contributed by atoms with van der Waals surface area (Å²) in [6.07, 6.45) is 6.61. The molecule has 0 unspecified atom stereocenters. The fourth-order valence-electron chi connectivity index (χ4n) is 2.77. The average molecular weight is 217 g/mol. The summed E-state index contributed by atoms with van der Waals surface area (Å²) in [5, 5.41) is 3.35. The summed E-state index contributed by atoms with van der Waals surface area (Å²) < 4.78 is 6.11. The largest absolute Gasteiger partial charge is 0.489 e. The quantitative estimate of drug-likeness (QED) is 0.820. The van der Waals surface area contributed by atoms with Crippen LogP contribution in [0.25, 0.3) is 0 Å². The molecule has 2 nitrogen and oxygen atoms in total. The maximum absolute atomic E-state index is 6.11. The van der Waals surface area contributed by atoms with Crippen LogP contribution in [0.15, 0.2) is 18.2 Å². The van der Waals surface area contributed by atoms with Gasteiger partial charge in [0.05, 0.1) is 0 Å². The maximum Gasteiger partial charge on any atom is 0.123 e. The zero-order chi connectivity index (χ0) is 10.8. The number of hydrogen-bond acceptors (Lipinski definition) is 2. The van der Waals surface area contributed by atoms with Crippen LogP contribution < -0.4 is 10.1 Å². The van der Waals surface area contributed by atoms with Crippen molar-refractivity contribution in [3.63, 3.8) is 0 Å². The fourth-order valence-corrected chi connectivity index (χ4v) is 2.77. The molecule has 1 aromatic carbocycles. The van der Waals surface area contributed by atoms with Gasteiger partial charge < -0.3 is 10.1 Å². The number of ether oxygens (including phenoxy) is 1. The van der Waals surface area contributed by atoms with Crippen LogP contribution in [0.5, 0.6) is 5.75 Å². The van der Waals surface area contributed by atoms with E-state index in [0.29, 0.717) is 6.10 Å². The topological polar surface area (TPSA) is 21.3 Å². The third-order valence-corrected chi connectivity index (χ3v) is 3.66. The van der Waals surface area contributed by atoms with Crippen LogP contribution in [0.2, 0.25) is 0 Å². The molecule has 86 valence electrons. The van der Waals surface area contributed by atoms with Gasteiger partial charge in [-0.15, -0.1) is 0 Å². The van der Waals surface area contributed by atoms with Gasteiger partial charge >= 0.3 is 0 Å². The summed E-state index contributed by atoms with van der Waals surface area (Å²) >= 11 is 0. The Labute approximate surface area is 97.0 Å². The lowest BCUT2D eigenvalue weighted by Crippen LogP contribution is -2.20. The van der Waals surface area contributed by atoms with Crippen molar-refractivity contribution in [1.29, 1.82) is 0 Å². The first-order valence-corrected chi connectivity index (χ1v) is 6.41. The second-order valence-electron chi connectivity index (χ2n) is 4.83. The molecule has 2 aliphatic rings. The Bertz CT molecular complexity index is 369. The van der Waals surface area contributed by atoms with Gasteiger partial charge in [0.25, 0.3) is 0 Å². The summed E-state index contributed by atoms with van der Waals surface area (Å²) in [6.45, 7) is 2.10. The highest BCUT2D eigenvalue weighted by Gasteiger charge is 2.19. The molecule has 3 rings (SSSR count). The van der Waals surface area contributed by atoms with Crippen molar-refractivity contribution in [3.8, 4) is 5.75 Å². The molecule has 1 atom stereocenters. The molecule has 0 bridgehead atoms. The lowest BCUT2D eigenvalue weighted by molar-refractivity contribution is 0.220. The predicted molar refractivity (Wildman–Crippen MR) is 65.0 cm³/mol. The van der Waals surface area contributed by atoms with Gasteiger partial charge in [-0.25, -0.2) is 0 Å². The zero-order valence-corrected chi connectivity index (χ0v) is 9.67. The third kappa shape index (κ3) is 1.94.